The molecule has 0 unspecified atom stereocenters. The van der Waals surface area contributed by atoms with Crippen LogP contribution in [0.3, 0.4) is 0 Å². The predicted molar refractivity (Wildman–Crippen MR) is 56.7 cm³/mol. The molecule has 0 atom stereocenters. The van der Waals surface area contributed by atoms with Gasteiger partial charge in [0.25, 0.3) is 0 Å². The first-order valence-corrected chi connectivity index (χ1v) is 4.73. The van der Waals surface area contributed by atoms with Crippen molar-refractivity contribution in [2.75, 3.05) is 6.61 Å². The van der Waals surface area contributed by atoms with Crippen LogP contribution >= 0.6 is 0 Å². The molecule has 14 heavy (non-hydrogen) atoms. The summed E-state index contributed by atoms with van der Waals surface area (Å²) >= 11 is 0. The minimum atomic E-state index is -0.282. The lowest BCUT2D eigenvalue weighted by Gasteiger charge is -1.97. The first-order chi connectivity index (χ1) is 6.83. The van der Waals surface area contributed by atoms with Crippen LogP contribution in [0.1, 0.15) is 18.9 Å². The van der Waals surface area contributed by atoms with E-state index in [1.54, 1.807) is 6.08 Å². The van der Waals surface area contributed by atoms with Gasteiger partial charge in [0.05, 0.1) is 6.61 Å². The van der Waals surface area contributed by atoms with Gasteiger partial charge in [-0.05, 0) is 18.1 Å². The van der Waals surface area contributed by atoms with Gasteiger partial charge in [0.1, 0.15) is 0 Å². The number of carbonyl (C=O) groups is 1. The topological polar surface area (TPSA) is 26.3 Å². The number of carbonyl (C=O) groups excluding carboxylic acids is 1. The van der Waals surface area contributed by atoms with Gasteiger partial charge in [-0.15, -0.1) is 0 Å². The summed E-state index contributed by atoms with van der Waals surface area (Å²) in [4.78, 5) is 11.1. The SMILES string of the molecule is CCCOC(=O)/C=C/c1ccccc1. The summed E-state index contributed by atoms with van der Waals surface area (Å²) in [6.45, 7) is 2.45. The molecule has 2 heteroatoms. The van der Waals surface area contributed by atoms with Crippen LogP contribution in [0.4, 0.5) is 0 Å². The smallest absolute Gasteiger partial charge is 0.330 e. The van der Waals surface area contributed by atoms with Crippen molar-refractivity contribution in [3.05, 3.63) is 42.0 Å². The van der Waals surface area contributed by atoms with Crippen molar-refractivity contribution in [2.45, 2.75) is 13.3 Å². The van der Waals surface area contributed by atoms with E-state index in [0.717, 1.165) is 12.0 Å². The molecule has 0 N–H and O–H groups in total. The summed E-state index contributed by atoms with van der Waals surface area (Å²) in [5, 5.41) is 0. The van der Waals surface area contributed by atoms with Gasteiger partial charge in [0, 0.05) is 6.08 Å². The third kappa shape index (κ3) is 3.90. The van der Waals surface area contributed by atoms with E-state index in [-0.39, 0.29) is 5.97 Å². The zero-order valence-corrected chi connectivity index (χ0v) is 8.27. The maximum absolute atomic E-state index is 11.1. The maximum Gasteiger partial charge on any atom is 0.330 e. The highest BCUT2D eigenvalue weighted by Gasteiger charge is 1.93. The molecule has 0 aliphatic heterocycles. The fraction of sp³-hybridized carbons (Fsp3) is 0.250. The second kappa shape index (κ2) is 5.97. The molecule has 2 nitrogen and oxygen atoms in total. The maximum atomic E-state index is 11.1. The Morgan fingerprint density at radius 2 is 2.07 bits per heavy atom. The van der Waals surface area contributed by atoms with Gasteiger partial charge in [0.2, 0.25) is 0 Å². The van der Waals surface area contributed by atoms with E-state index < -0.39 is 0 Å². The molecule has 0 saturated carbocycles. The first-order valence-electron chi connectivity index (χ1n) is 4.73. The molecule has 0 aliphatic carbocycles. The van der Waals surface area contributed by atoms with E-state index in [1.807, 2.05) is 37.3 Å². The lowest BCUT2D eigenvalue weighted by Crippen LogP contribution is -2.00. The molecule has 0 radical (unpaired) electrons. The Morgan fingerprint density at radius 1 is 1.36 bits per heavy atom. The van der Waals surface area contributed by atoms with Crippen LogP contribution < -0.4 is 0 Å². The van der Waals surface area contributed by atoms with Gasteiger partial charge in [-0.2, -0.15) is 0 Å². The van der Waals surface area contributed by atoms with Crippen molar-refractivity contribution in [1.82, 2.24) is 0 Å². The number of hydrogen-bond donors (Lipinski definition) is 0. The quantitative estimate of drug-likeness (QED) is 0.539. The van der Waals surface area contributed by atoms with E-state index in [4.69, 9.17) is 4.74 Å². The Bertz CT molecular complexity index is 301. The molecule has 0 heterocycles. The number of hydrogen-bond acceptors (Lipinski definition) is 2. The zero-order chi connectivity index (χ0) is 10.2. The van der Waals surface area contributed by atoms with Crippen molar-refractivity contribution < 1.29 is 9.53 Å². The molecule has 0 spiro atoms. The average Bonchev–Trinajstić information content (AvgIpc) is 2.25. The van der Waals surface area contributed by atoms with Crippen molar-refractivity contribution in [2.24, 2.45) is 0 Å². The highest BCUT2D eigenvalue weighted by molar-refractivity contribution is 5.86. The van der Waals surface area contributed by atoms with Gasteiger partial charge in [0.15, 0.2) is 0 Å². The Balaban J connectivity index is 2.44. The number of ether oxygens (including phenoxy) is 1. The Hall–Kier alpha value is -1.57. The number of rotatable bonds is 4. The van der Waals surface area contributed by atoms with Gasteiger partial charge in [-0.25, -0.2) is 4.79 Å². The third-order valence-corrected chi connectivity index (χ3v) is 1.66. The fourth-order valence-electron chi connectivity index (χ4n) is 0.979. The summed E-state index contributed by atoms with van der Waals surface area (Å²) in [6.07, 6.45) is 4.05. The Kier molecular flexibility index (Phi) is 4.48. The fourth-order valence-corrected chi connectivity index (χ4v) is 0.979. The summed E-state index contributed by atoms with van der Waals surface area (Å²) < 4.78 is 4.89. The van der Waals surface area contributed by atoms with Crippen molar-refractivity contribution in [3.8, 4) is 0 Å². The number of esters is 1. The van der Waals surface area contributed by atoms with Crippen LogP contribution in [0.5, 0.6) is 0 Å². The molecular formula is C12H14O2. The summed E-state index contributed by atoms with van der Waals surface area (Å²) in [6, 6.07) is 9.66. The summed E-state index contributed by atoms with van der Waals surface area (Å²) in [7, 11) is 0. The van der Waals surface area contributed by atoms with Crippen LogP contribution in [0, 0.1) is 0 Å². The lowest BCUT2D eigenvalue weighted by molar-refractivity contribution is -0.137. The largest absolute Gasteiger partial charge is 0.463 e. The summed E-state index contributed by atoms with van der Waals surface area (Å²) in [5.41, 5.74) is 1.00. The average molecular weight is 190 g/mol. The van der Waals surface area contributed by atoms with Crippen LogP contribution in [0.15, 0.2) is 36.4 Å². The molecule has 1 aromatic carbocycles. The van der Waals surface area contributed by atoms with E-state index in [0.29, 0.717) is 6.61 Å². The monoisotopic (exact) mass is 190 g/mol. The van der Waals surface area contributed by atoms with Crippen LogP contribution in [0.2, 0.25) is 0 Å². The molecule has 1 rings (SSSR count). The van der Waals surface area contributed by atoms with E-state index in [9.17, 15) is 4.79 Å². The Morgan fingerprint density at radius 3 is 2.71 bits per heavy atom. The zero-order valence-electron chi connectivity index (χ0n) is 8.27. The van der Waals surface area contributed by atoms with Crippen molar-refractivity contribution in [1.29, 1.82) is 0 Å². The van der Waals surface area contributed by atoms with E-state index in [1.165, 1.54) is 6.08 Å². The molecule has 0 bridgehead atoms. The highest BCUT2D eigenvalue weighted by atomic mass is 16.5. The molecule has 0 aliphatic rings. The van der Waals surface area contributed by atoms with Gasteiger partial charge in [-0.1, -0.05) is 37.3 Å². The molecule has 0 amide bonds. The van der Waals surface area contributed by atoms with Crippen LogP contribution in [0.25, 0.3) is 6.08 Å². The van der Waals surface area contributed by atoms with Gasteiger partial charge in [-0.3, -0.25) is 0 Å². The van der Waals surface area contributed by atoms with Gasteiger partial charge >= 0.3 is 5.97 Å². The molecule has 1 aromatic rings. The Labute approximate surface area is 84.2 Å². The third-order valence-electron chi connectivity index (χ3n) is 1.66. The molecule has 0 aromatic heterocycles. The molecular weight excluding hydrogens is 176 g/mol. The summed E-state index contributed by atoms with van der Waals surface area (Å²) in [5.74, 6) is -0.282. The predicted octanol–water partition coefficient (Wildman–Crippen LogP) is 2.65. The second-order valence-electron chi connectivity index (χ2n) is 2.91. The van der Waals surface area contributed by atoms with Crippen LogP contribution in [-0.2, 0) is 9.53 Å². The van der Waals surface area contributed by atoms with Crippen molar-refractivity contribution in [3.63, 3.8) is 0 Å². The molecule has 74 valence electrons. The normalized spacial score (nSPS) is 10.4. The second-order valence-corrected chi connectivity index (χ2v) is 2.91. The minimum absolute atomic E-state index is 0.282. The van der Waals surface area contributed by atoms with E-state index in [2.05, 4.69) is 0 Å². The van der Waals surface area contributed by atoms with Crippen LogP contribution in [-0.4, -0.2) is 12.6 Å². The standard InChI is InChI=1S/C12H14O2/c1-2-10-14-12(13)9-8-11-6-4-3-5-7-11/h3-9H,2,10H2,1H3/b9-8+. The molecule has 0 saturated heterocycles. The highest BCUT2D eigenvalue weighted by Crippen LogP contribution is 2.00. The lowest BCUT2D eigenvalue weighted by atomic mass is 10.2. The van der Waals surface area contributed by atoms with E-state index >= 15 is 0 Å². The minimum Gasteiger partial charge on any atom is -0.463 e. The first kappa shape index (κ1) is 10.5. The number of benzene rings is 1. The van der Waals surface area contributed by atoms with Crippen molar-refractivity contribution >= 4 is 12.0 Å². The van der Waals surface area contributed by atoms with Gasteiger partial charge < -0.3 is 4.74 Å². The molecule has 0 fully saturated rings.